The third kappa shape index (κ3) is 3.05. The van der Waals surface area contributed by atoms with Crippen LogP contribution in [-0.2, 0) is 0 Å². The van der Waals surface area contributed by atoms with E-state index in [0.717, 1.165) is 19.0 Å². The Labute approximate surface area is 182 Å². The molecule has 3 aromatic carbocycles. The van der Waals surface area contributed by atoms with Crippen molar-refractivity contribution in [1.29, 1.82) is 0 Å². The number of hydrogen-bond donors (Lipinski definition) is 0. The summed E-state index contributed by atoms with van der Waals surface area (Å²) in [5.74, 6) is 0. The molecule has 0 aliphatic heterocycles. The van der Waals surface area contributed by atoms with Gasteiger partial charge in [-0.15, -0.1) is 11.3 Å². The van der Waals surface area contributed by atoms with E-state index in [-0.39, 0.29) is 0 Å². The van der Waals surface area contributed by atoms with Gasteiger partial charge in [-0.1, -0.05) is 61.7 Å². The largest absolute Gasteiger partial charge is 0.309 e. The van der Waals surface area contributed by atoms with E-state index in [9.17, 15) is 0 Å². The van der Waals surface area contributed by atoms with Crippen LogP contribution in [0.15, 0.2) is 81.7 Å². The average Bonchev–Trinajstić information content (AvgIpc) is 3.23. The van der Waals surface area contributed by atoms with Gasteiger partial charge in [-0.3, -0.25) is 0 Å². The number of halogens is 3. The zero-order valence-corrected chi connectivity index (χ0v) is 18.7. The topological polar surface area (TPSA) is 4.93 Å². The Bertz CT molecular complexity index is 1300. The highest BCUT2D eigenvalue weighted by Gasteiger charge is 2.13. The average molecular weight is 518 g/mol. The van der Waals surface area contributed by atoms with Crippen LogP contribution in [0.5, 0.6) is 0 Å². The lowest BCUT2D eigenvalue weighted by Crippen LogP contribution is -1.93. The first-order valence-electron chi connectivity index (χ1n) is 8.35. The fraction of sp³-hybridized carbons (Fsp3) is 0. The highest BCUT2D eigenvalue weighted by atomic mass is 79.9. The highest BCUT2D eigenvalue weighted by molar-refractivity contribution is 9.10. The lowest BCUT2D eigenvalue weighted by atomic mass is 10.1. The fourth-order valence-electron chi connectivity index (χ4n) is 3.49. The van der Waals surface area contributed by atoms with Crippen LogP contribution in [0.25, 0.3) is 37.9 Å². The van der Waals surface area contributed by atoms with Crippen LogP contribution in [0.4, 0.5) is 0 Å². The van der Waals surface area contributed by atoms with Crippen molar-refractivity contribution < 1.29 is 0 Å². The van der Waals surface area contributed by atoms with Crippen molar-refractivity contribution in [3.63, 3.8) is 0 Å². The van der Waals surface area contributed by atoms with Crippen molar-refractivity contribution in [3.8, 4) is 16.1 Å². The number of aromatic nitrogens is 1. The highest BCUT2D eigenvalue weighted by Crippen LogP contribution is 2.36. The van der Waals surface area contributed by atoms with E-state index in [1.165, 1.54) is 32.2 Å². The second-order valence-corrected chi connectivity index (χ2v) is 9.86. The molecule has 2 aromatic heterocycles. The zero-order valence-electron chi connectivity index (χ0n) is 13.9. The molecule has 0 unspecified atom stereocenters. The minimum atomic E-state index is 0.812. The van der Waals surface area contributed by atoms with E-state index in [2.05, 4.69) is 103 Å². The summed E-state index contributed by atoms with van der Waals surface area (Å²) in [5.41, 5.74) is 4.70. The molecule has 27 heavy (non-hydrogen) atoms. The molecule has 0 N–H and O–H groups in total. The van der Waals surface area contributed by atoms with Crippen molar-refractivity contribution in [1.82, 2.24) is 4.57 Å². The maximum Gasteiger partial charge on any atom is 0.0934 e. The van der Waals surface area contributed by atoms with E-state index >= 15 is 0 Å². The quantitative estimate of drug-likeness (QED) is 0.221. The smallest absolute Gasteiger partial charge is 0.0934 e. The first-order chi connectivity index (χ1) is 13.1. The zero-order chi connectivity index (χ0) is 18.5. The normalized spacial score (nSPS) is 11.5. The van der Waals surface area contributed by atoms with Gasteiger partial charge in [-0.2, -0.15) is 0 Å². The summed E-state index contributed by atoms with van der Waals surface area (Å²) in [6, 6.07) is 25.6. The van der Waals surface area contributed by atoms with Gasteiger partial charge < -0.3 is 4.57 Å². The van der Waals surface area contributed by atoms with E-state index in [4.69, 9.17) is 11.6 Å². The van der Waals surface area contributed by atoms with Gasteiger partial charge in [-0.25, -0.2) is 0 Å². The standard InChI is InChI=1S/C22H12Br2ClNS/c23-14-4-8-19-18(11-14)17-7-3-15(24)12-20(17)26(19)16-5-1-13(2-6-16)21-9-10-22(25)27-21/h1-12H. The van der Waals surface area contributed by atoms with Crippen LogP contribution >= 0.6 is 54.8 Å². The van der Waals surface area contributed by atoms with Crippen LogP contribution < -0.4 is 0 Å². The minimum absolute atomic E-state index is 0.812. The third-order valence-electron chi connectivity index (χ3n) is 4.67. The van der Waals surface area contributed by atoms with Gasteiger partial charge >= 0.3 is 0 Å². The second kappa shape index (κ2) is 6.78. The summed E-state index contributed by atoms with van der Waals surface area (Å²) in [4.78, 5) is 1.18. The van der Waals surface area contributed by atoms with E-state index in [1.807, 2.05) is 6.07 Å². The van der Waals surface area contributed by atoms with Gasteiger partial charge in [0.05, 0.1) is 15.4 Å². The monoisotopic (exact) mass is 515 g/mol. The molecule has 1 nitrogen and oxygen atoms in total. The van der Waals surface area contributed by atoms with Gasteiger partial charge in [0.15, 0.2) is 0 Å². The van der Waals surface area contributed by atoms with Crippen molar-refractivity contribution in [2.75, 3.05) is 0 Å². The maximum atomic E-state index is 6.09. The summed E-state index contributed by atoms with van der Waals surface area (Å²) < 4.78 is 5.28. The molecule has 5 aromatic rings. The molecule has 132 valence electrons. The number of rotatable bonds is 2. The first kappa shape index (κ1) is 17.5. The Morgan fingerprint density at radius 3 is 2.19 bits per heavy atom. The lowest BCUT2D eigenvalue weighted by molar-refractivity contribution is 1.18. The van der Waals surface area contributed by atoms with E-state index in [0.29, 0.717) is 0 Å². The number of thiophene rings is 1. The maximum absolute atomic E-state index is 6.09. The van der Waals surface area contributed by atoms with E-state index in [1.54, 1.807) is 11.3 Å². The van der Waals surface area contributed by atoms with Crippen LogP contribution in [-0.4, -0.2) is 4.57 Å². The minimum Gasteiger partial charge on any atom is -0.309 e. The molecule has 0 saturated heterocycles. The molecular weight excluding hydrogens is 506 g/mol. The Morgan fingerprint density at radius 2 is 1.44 bits per heavy atom. The Kier molecular flexibility index (Phi) is 4.40. The number of nitrogens with zero attached hydrogens (tertiary/aromatic N) is 1. The Morgan fingerprint density at radius 1 is 0.704 bits per heavy atom. The van der Waals surface area contributed by atoms with Crippen LogP contribution in [0.1, 0.15) is 0 Å². The van der Waals surface area contributed by atoms with Crippen LogP contribution in [0.2, 0.25) is 4.34 Å². The molecule has 5 heteroatoms. The van der Waals surface area contributed by atoms with Gasteiger partial charge in [0.2, 0.25) is 0 Å². The van der Waals surface area contributed by atoms with Gasteiger partial charge in [0, 0.05) is 30.3 Å². The molecule has 0 saturated carbocycles. The molecule has 2 heterocycles. The molecule has 0 atom stereocenters. The van der Waals surface area contributed by atoms with Gasteiger partial charge in [-0.05, 0) is 60.2 Å². The third-order valence-corrected chi connectivity index (χ3v) is 6.94. The van der Waals surface area contributed by atoms with Crippen molar-refractivity contribution in [2.24, 2.45) is 0 Å². The van der Waals surface area contributed by atoms with Gasteiger partial charge in [0.1, 0.15) is 0 Å². The van der Waals surface area contributed by atoms with Crippen molar-refractivity contribution >= 4 is 76.6 Å². The van der Waals surface area contributed by atoms with Gasteiger partial charge in [0.25, 0.3) is 0 Å². The molecule has 0 fully saturated rings. The molecule has 0 spiro atoms. The SMILES string of the molecule is Clc1ccc(-c2ccc(-n3c4ccc(Br)cc4c4ccc(Br)cc43)cc2)s1. The molecule has 0 radical (unpaired) electrons. The van der Waals surface area contributed by atoms with Crippen molar-refractivity contribution in [3.05, 3.63) is 86.1 Å². The van der Waals surface area contributed by atoms with Crippen LogP contribution in [0, 0.1) is 0 Å². The summed E-state index contributed by atoms with van der Waals surface area (Å²) in [6.45, 7) is 0. The predicted octanol–water partition coefficient (Wildman–Crippen LogP) is 8.69. The summed E-state index contributed by atoms with van der Waals surface area (Å²) in [5, 5.41) is 2.48. The number of fused-ring (bicyclic) bond motifs is 3. The molecule has 5 rings (SSSR count). The van der Waals surface area contributed by atoms with Crippen molar-refractivity contribution in [2.45, 2.75) is 0 Å². The Balaban J connectivity index is 1.75. The summed E-state index contributed by atoms with van der Waals surface area (Å²) >= 11 is 14.9. The lowest BCUT2D eigenvalue weighted by Gasteiger charge is -2.09. The number of hydrogen-bond acceptors (Lipinski definition) is 1. The predicted molar refractivity (Wildman–Crippen MR) is 125 cm³/mol. The first-order valence-corrected chi connectivity index (χ1v) is 11.1. The Hall–Kier alpha value is -1.59. The summed E-state index contributed by atoms with van der Waals surface area (Å²) in [7, 11) is 0. The second-order valence-electron chi connectivity index (χ2n) is 6.31. The van der Waals surface area contributed by atoms with E-state index < -0.39 is 0 Å². The molecule has 0 bridgehead atoms. The summed E-state index contributed by atoms with van der Waals surface area (Å²) in [6.07, 6.45) is 0. The molecule has 0 aliphatic carbocycles. The molecule has 0 aliphatic rings. The fourth-order valence-corrected chi connectivity index (χ4v) is 5.25. The number of benzene rings is 3. The molecule has 0 amide bonds. The molecular formula is C22H12Br2ClNS. The van der Waals surface area contributed by atoms with Crippen LogP contribution in [0.3, 0.4) is 0 Å².